The molecule has 31 heavy (non-hydrogen) atoms. The van der Waals surface area contributed by atoms with Gasteiger partial charge in [-0.2, -0.15) is 0 Å². The molecule has 1 aromatic carbocycles. The highest BCUT2D eigenvalue weighted by atomic mass is 16.6. The zero-order valence-electron chi connectivity index (χ0n) is 16.9. The van der Waals surface area contributed by atoms with Crippen molar-refractivity contribution in [3.63, 3.8) is 0 Å². The Labute approximate surface area is 178 Å². The molecule has 0 bridgehead atoms. The molecule has 0 aromatic heterocycles. The number of ketones is 2. The Kier molecular flexibility index (Phi) is 8.53. The van der Waals surface area contributed by atoms with Crippen molar-refractivity contribution in [2.24, 2.45) is 11.8 Å². The first kappa shape index (κ1) is 23.8. The second-order valence-corrected chi connectivity index (χ2v) is 7.60. The van der Waals surface area contributed by atoms with E-state index >= 15 is 0 Å². The minimum atomic E-state index is -0.824. The fourth-order valence-corrected chi connectivity index (χ4v) is 3.79. The van der Waals surface area contributed by atoms with Crippen molar-refractivity contribution in [3.05, 3.63) is 56.1 Å². The normalized spacial score (nSPS) is 18.4. The SMILES string of the molecule is O=C(O)CCCCCCC1C(=O)CCC1/C=C/C(=O)c1cc([N+](=O)[O-])cc([N+](=O)[O-])c1. The number of carbonyl (C=O) groups is 3. The fourth-order valence-electron chi connectivity index (χ4n) is 3.79. The number of nitrogens with zero attached hydrogens (tertiary/aromatic N) is 2. The number of carbonyl (C=O) groups excluding carboxylic acids is 2. The van der Waals surface area contributed by atoms with Crippen LogP contribution < -0.4 is 0 Å². The summed E-state index contributed by atoms with van der Waals surface area (Å²) in [6, 6.07) is 2.78. The summed E-state index contributed by atoms with van der Waals surface area (Å²) in [5.41, 5.74) is -1.23. The van der Waals surface area contributed by atoms with Gasteiger partial charge in [-0.15, -0.1) is 0 Å². The minimum absolute atomic E-state index is 0.124. The number of nitro groups is 2. The molecule has 1 aliphatic rings. The quantitative estimate of drug-likeness (QED) is 0.169. The molecule has 0 amide bonds. The molecule has 2 rings (SSSR count). The molecule has 1 N–H and O–H groups in total. The number of carboxylic acids is 1. The van der Waals surface area contributed by atoms with E-state index in [0.29, 0.717) is 25.7 Å². The summed E-state index contributed by atoms with van der Waals surface area (Å²) in [5, 5.41) is 30.6. The van der Waals surface area contributed by atoms with Crippen molar-refractivity contribution in [3.8, 4) is 0 Å². The first-order valence-electron chi connectivity index (χ1n) is 10.1. The van der Waals surface area contributed by atoms with Gasteiger partial charge < -0.3 is 5.11 Å². The Morgan fingerprint density at radius 1 is 1.03 bits per heavy atom. The average Bonchev–Trinajstić information content (AvgIpc) is 3.07. The maximum atomic E-state index is 12.5. The number of non-ortho nitro benzene ring substituents is 2. The van der Waals surface area contributed by atoms with Crippen LogP contribution in [0, 0.1) is 32.1 Å². The molecule has 0 aliphatic heterocycles. The predicted molar refractivity (Wildman–Crippen MR) is 110 cm³/mol. The Balaban J connectivity index is 2.00. The lowest BCUT2D eigenvalue weighted by Crippen LogP contribution is -2.13. The summed E-state index contributed by atoms with van der Waals surface area (Å²) in [5.74, 6) is -1.65. The van der Waals surface area contributed by atoms with Crippen LogP contribution in [0.2, 0.25) is 0 Å². The molecule has 166 valence electrons. The molecular formula is C21H24N2O8. The number of hydrogen-bond acceptors (Lipinski definition) is 7. The Morgan fingerprint density at radius 2 is 1.65 bits per heavy atom. The third kappa shape index (κ3) is 7.09. The van der Waals surface area contributed by atoms with E-state index < -0.39 is 33.0 Å². The zero-order chi connectivity index (χ0) is 23.0. The van der Waals surface area contributed by atoms with Crippen LogP contribution in [-0.2, 0) is 9.59 Å². The maximum Gasteiger partial charge on any atom is 0.303 e. The van der Waals surface area contributed by atoms with E-state index in [2.05, 4.69) is 0 Å². The Bertz CT molecular complexity index is 876. The van der Waals surface area contributed by atoms with Crippen molar-refractivity contribution >= 4 is 28.9 Å². The maximum absolute atomic E-state index is 12.5. The number of Topliss-reactive ketones (excluding diaryl/α,β-unsaturated/α-hetero) is 1. The molecule has 10 nitrogen and oxygen atoms in total. The summed E-state index contributed by atoms with van der Waals surface area (Å²) < 4.78 is 0. The summed E-state index contributed by atoms with van der Waals surface area (Å²) in [6.45, 7) is 0. The molecule has 2 atom stereocenters. The van der Waals surface area contributed by atoms with Crippen LogP contribution in [0.5, 0.6) is 0 Å². The highest BCUT2D eigenvalue weighted by molar-refractivity contribution is 6.05. The van der Waals surface area contributed by atoms with E-state index in [1.165, 1.54) is 6.08 Å². The van der Waals surface area contributed by atoms with Crippen molar-refractivity contribution in [1.29, 1.82) is 0 Å². The van der Waals surface area contributed by atoms with Crippen molar-refractivity contribution in [2.45, 2.75) is 51.4 Å². The minimum Gasteiger partial charge on any atom is -0.481 e. The van der Waals surface area contributed by atoms with E-state index in [4.69, 9.17) is 5.11 Å². The van der Waals surface area contributed by atoms with Crippen LogP contribution in [0.3, 0.4) is 0 Å². The summed E-state index contributed by atoms with van der Waals surface area (Å²) in [6.07, 6.45) is 7.62. The van der Waals surface area contributed by atoms with Gasteiger partial charge in [0.15, 0.2) is 5.78 Å². The van der Waals surface area contributed by atoms with E-state index in [1.807, 2.05) is 0 Å². The van der Waals surface area contributed by atoms with Crippen LogP contribution in [0.25, 0.3) is 0 Å². The van der Waals surface area contributed by atoms with Gasteiger partial charge in [-0.05, 0) is 31.3 Å². The number of benzene rings is 1. The molecule has 0 heterocycles. The predicted octanol–water partition coefficient (Wildman–Crippen LogP) is 4.26. The number of carboxylic acid groups (broad SMARTS) is 1. The number of nitro benzene ring substituents is 2. The molecule has 1 fully saturated rings. The third-order valence-corrected chi connectivity index (χ3v) is 5.41. The number of aliphatic carboxylic acids is 1. The average molecular weight is 432 g/mol. The molecule has 10 heteroatoms. The molecule has 1 aromatic rings. The topological polar surface area (TPSA) is 158 Å². The first-order chi connectivity index (χ1) is 14.7. The van der Waals surface area contributed by atoms with Gasteiger partial charge in [0.2, 0.25) is 0 Å². The summed E-state index contributed by atoms with van der Waals surface area (Å²) in [4.78, 5) is 55.6. The van der Waals surface area contributed by atoms with Crippen LogP contribution in [0.15, 0.2) is 30.4 Å². The van der Waals surface area contributed by atoms with Crippen LogP contribution in [0.4, 0.5) is 11.4 Å². The van der Waals surface area contributed by atoms with Gasteiger partial charge in [0.25, 0.3) is 11.4 Å². The lowest BCUT2D eigenvalue weighted by molar-refractivity contribution is -0.394. The highest BCUT2D eigenvalue weighted by Crippen LogP contribution is 2.34. The second-order valence-electron chi connectivity index (χ2n) is 7.60. The molecule has 0 saturated heterocycles. The highest BCUT2D eigenvalue weighted by Gasteiger charge is 2.32. The lowest BCUT2D eigenvalue weighted by atomic mass is 9.89. The smallest absolute Gasteiger partial charge is 0.303 e. The fraction of sp³-hybridized carbons (Fsp3) is 0.476. The molecular weight excluding hydrogens is 408 g/mol. The van der Waals surface area contributed by atoms with E-state index in [9.17, 15) is 34.6 Å². The largest absolute Gasteiger partial charge is 0.481 e. The molecule has 0 radical (unpaired) electrons. The lowest BCUT2D eigenvalue weighted by Gasteiger charge is -2.14. The number of unbranched alkanes of at least 4 members (excludes halogenated alkanes) is 3. The molecule has 1 saturated carbocycles. The monoisotopic (exact) mass is 432 g/mol. The Morgan fingerprint density at radius 3 is 2.23 bits per heavy atom. The van der Waals surface area contributed by atoms with Gasteiger partial charge in [-0.1, -0.05) is 25.3 Å². The van der Waals surface area contributed by atoms with E-state index in [0.717, 1.165) is 37.5 Å². The zero-order valence-corrected chi connectivity index (χ0v) is 16.9. The number of hydrogen-bond donors (Lipinski definition) is 1. The number of allylic oxidation sites excluding steroid dienone is 2. The molecule has 2 unspecified atom stereocenters. The van der Waals surface area contributed by atoms with Crippen LogP contribution in [0.1, 0.15) is 61.7 Å². The van der Waals surface area contributed by atoms with Gasteiger partial charge in [0, 0.05) is 36.5 Å². The van der Waals surface area contributed by atoms with Crippen LogP contribution in [-0.4, -0.2) is 32.5 Å². The summed E-state index contributed by atoms with van der Waals surface area (Å²) >= 11 is 0. The number of rotatable bonds is 12. The summed E-state index contributed by atoms with van der Waals surface area (Å²) in [7, 11) is 0. The van der Waals surface area contributed by atoms with Crippen molar-refractivity contribution < 1.29 is 29.3 Å². The van der Waals surface area contributed by atoms with Gasteiger partial charge in [-0.25, -0.2) is 0 Å². The van der Waals surface area contributed by atoms with Crippen LogP contribution >= 0.6 is 0 Å². The second kappa shape index (κ2) is 11.1. The molecule has 0 spiro atoms. The molecule has 1 aliphatic carbocycles. The standard InChI is InChI=1S/C21H24N2O8/c24-19(15-11-16(22(28)29)13-17(12-15)23(30)31)9-7-14-8-10-20(25)18(14)5-3-1-2-4-6-21(26)27/h7,9,11-14,18H,1-6,8,10H2,(H,26,27)/b9-7+. The van der Waals surface area contributed by atoms with Crippen molar-refractivity contribution in [1.82, 2.24) is 0 Å². The van der Waals surface area contributed by atoms with Gasteiger partial charge in [-0.3, -0.25) is 34.6 Å². The van der Waals surface area contributed by atoms with Gasteiger partial charge in [0.1, 0.15) is 5.78 Å². The van der Waals surface area contributed by atoms with Crippen molar-refractivity contribution in [2.75, 3.05) is 0 Å². The first-order valence-corrected chi connectivity index (χ1v) is 10.1. The third-order valence-electron chi connectivity index (χ3n) is 5.41. The van der Waals surface area contributed by atoms with Gasteiger partial charge >= 0.3 is 5.97 Å². The van der Waals surface area contributed by atoms with E-state index in [-0.39, 0.29) is 29.6 Å². The van der Waals surface area contributed by atoms with E-state index in [1.54, 1.807) is 6.08 Å². The van der Waals surface area contributed by atoms with Gasteiger partial charge in [0.05, 0.1) is 15.9 Å². The Hall–Kier alpha value is -3.43.